The molecular formula is C14H30O5. The number of carboxylic acids is 1. The Morgan fingerprint density at radius 2 is 1.42 bits per heavy atom. The Bertz CT molecular complexity index is 171. The number of rotatable bonds is 12. The quantitative estimate of drug-likeness (QED) is 0.289. The smallest absolute Gasteiger partial charge is 0.303 e. The van der Waals surface area contributed by atoms with Crippen LogP contribution in [0.2, 0.25) is 0 Å². The number of hydrogen-bond acceptors (Lipinski definition) is 4. The Labute approximate surface area is 116 Å². The van der Waals surface area contributed by atoms with E-state index < -0.39 is 5.97 Å². The number of aliphatic hydroxyl groups excluding tert-OH is 1. The van der Waals surface area contributed by atoms with Crippen LogP contribution in [0.15, 0.2) is 0 Å². The van der Waals surface area contributed by atoms with Gasteiger partial charge in [0.25, 0.3) is 0 Å². The van der Waals surface area contributed by atoms with E-state index in [1.165, 1.54) is 44.9 Å². The lowest BCUT2D eigenvalue weighted by Crippen LogP contribution is -1.93. The van der Waals surface area contributed by atoms with E-state index in [2.05, 4.69) is 11.8 Å². The predicted octanol–water partition coefficient (Wildman–Crippen LogP) is 3.46. The van der Waals surface area contributed by atoms with Crippen LogP contribution < -0.4 is 0 Å². The molecule has 0 aliphatic rings. The molecule has 0 saturated carbocycles. The molecule has 0 aliphatic heterocycles. The van der Waals surface area contributed by atoms with Crippen molar-refractivity contribution in [1.82, 2.24) is 0 Å². The Kier molecular flexibility index (Phi) is 21.4. The van der Waals surface area contributed by atoms with Crippen molar-refractivity contribution in [2.75, 3.05) is 13.2 Å². The topological polar surface area (TPSA) is 87.0 Å². The van der Waals surface area contributed by atoms with Crippen LogP contribution in [0.4, 0.5) is 0 Å². The molecule has 0 aromatic carbocycles. The zero-order valence-electron chi connectivity index (χ0n) is 12.1. The Balaban J connectivity index is 0. The first-order chi connectivity index (χ1) is 9.18. The van der Waals surface area contributed by atoms with E-state index in [4.69, 9.17) is 15.5 Å². The minimum Gasteiger partial charge on any atom is -0.481 e. The van der Waals surface area contributed by atoms with E-state index in [0.29, 0.717) is 6.42 Å². The SMILES string of the molecule is CCCCCCCCCCCC(=O)O.OCCOO. The highest BCUT2D eigenvalue weighted by molar-refractivity contribution is 5.66. The zero-order valence-corrected chi connectivity index (χ0v) is 12.1. The lowest BCUT2D eigenvalue weighted by molar-refractivity contribution is -0.246. The molecule has 116 valence electrons. The molecule has 0 rings (SSSR count). The Hall–Kier alpha value is -0.650. The van der Waals surface area contributed by atoms with Crippen molar-refractivity contribution in [1.29, 1.82) is 0 Å². The number of unbranched alkanes of at least 4 members (excludes halogenated alkanes) is 8. The summed E-state index contributed by atoms with van der Waals surface area (Å²) >= 11 is 0. The van der Waals surface area contributed by atoms with Gasteiger partial charge in [0.05, 0.1) is 6.61 Å². The Morgan fingerprint density at radius 3 is 1.74 bits per heavy atom. The maximum atomic E-state index is 10.2. The molecule has 0 saturated heterocycles. The lowest BCUT2D eigenvalue weighted by Gasteiger charge is -2.00. The largest absolute Gasteiger partial charge is 0.481 e. The van der Waals surface area contributed by atoms with Crippen LogP contribution in [-0.2, 0) is 9.68 Å². The van der Waals surface area contributed by atoms with Crippen molar-refractivity contribution in [3.63, 3.8) is 0 Å². The van der Waals surface area contributed by atoms with Gasteiger partial charge in [-0.05, 0) is 6.42 Å². The summed E-state index contributed by atoms with van der Waals surface area (Å²) in [4.78, 5) is 13.6. The fourth-order valence-electron chi connectivity index (χ4n) is 1.63. The molecule has 0 fully saturated rings. The van der Waals surface area contributed by atoms with Gasteiger partial charge in [-0.2, -0.15) is 0 Å². The first-order valence-electron chi connectivity index (χ1n) is 7.28. The van der Waals surface area contributed by atoms with E-state index in [1.807, 2.05) is 0 Å². The second kappa shape index (κ2) is 19.7. The van der Waals surface area contributed by atoms with Gasteiger partial charge in [0.15, 0.2) is 0 Å². The van der Waals surface area contributed by atoms with Crippen molar-refractivity contribution >= 4 is 5.97 Å². The zero-order chi connectivity index (χ0) is 14.8. The molecular weight excluding hydrogens is 248 g/mol. The normalized spacial score (nSPS) is 9.84. The van der Waals surface area contributed by atoms with E-state index in [1.54, 1.807) is 0 Å². The molecule has 0 aromatic heterocycles. The summed E-state index contributed by atoms with van der Waals surface area (Å²) in [7, 11) is 0. The molecule has 0 amide bonds. The molecule has 0 heterocycles. The summed E-state index contributed by atoms with van der Waals surface area (Å²) in [6.45, 7) is 2.10. The highest BCUT2D eigenvalue weighted by Gasteiger charge is 1.96. The van der Waals surface area contributed by atoms with E-state index in [9.17, 15) is 4.79 Å². The van der Waals surface area contributed by atoms with Crippen LogP contribution >= 0.6 is 0 Å². The molecule has 19 heavy (non-hydrogen) atoms. The van der Waals surface area contributed by atoms with Crippen molar-refractivity contribution in [3.8, 4) is 0 Å². The van der Waals surface area contributed by atoms with Crippen molar-refractivity contribution < 1.29 is 25.2 Å². The van der Waals surface area contributed by atoms with Crippen LogP contribution in [0, 0.1) is 0 Å². The first-order valence-corrected chi connectivity index (χ1v) is 7.28. The predicted molar refractivity (Wildman–Crippen MR) is 75.1 cm³/mol. The van der Waals surface area contributed by atoms with Gasteiger partial charge < -0.3 is 10.2 Å². The second-order valence-electron chi connectivity index (χ2n) is 4.53. The van der Waals surface area contributed by atoms with Crippen LogP contribution in [-0.4, -0.2) is 34.7 Å². The molecule has 0 spiro atoms. The number of hydrogen-bond donors (Lipinski definition) is 3. The maximum absolute atomic E-state index is 10.2. The van der Waals surface area contributed by atoms with Crippen molar-refractivity contribution in [2.24, 2.45) is 0 Å². The highest BCUT2D eigenvalue weighted by Crippen LogP contribution is 2.10. The monoisotopic (exact) mass is 278 g/mol. The number of carboxylic acid groups (broad SMARTS) is 1. The standard InChI is InChI=1S/C12H24O2.C2H6O3/c1-2-3-4-5-6-7-8-9-10-11-12(13)14;3-1-2-5-4/h2-11H2,1H3,(H,13,14);3-4H,1-2H2. The summed E-state index contributed by atoms with van der Waals surface area (Å²) in [6, 6.07) is 0. The van der Waals surface area contributed by atoms with Crippen LogP contribution in [0.1, 0.15) is 71.1 Å². The third-order valence-electron chi connectivity index (χ3n) is 2.68. The number of carbonyl (C=O) groups is 1. The minimum atomic E-state index is -0.659. The van der Waals surface area contributed by atoms with Crippen LogP contribution in [0.3, 0.4) is 0 Å². The van der Waals surface area contributed by atoms with Crippen molar-refractivity contribution in [2.45, 2.75) is 71.1 Å². The van der Waals surface area contributed by atoms with Gasteiger partial charge in [-0.25, -0.2) is 4.89 Å². The van der Waals surface area contributed by atoms with Gasteiger partial charge >= 0.3 is 5.97 Å². The third kappa shape index (κ3) is 26.8. The van der Waals surface area contributed by atoms with Gasteiger partial charge in [-0.3, -0.25) is 10.1 Å². The molecule has 0 radical (unpaired) electrons. The van der Waals surface area contributed by atoms with E-state index in [-0.39, 0.29) is 13.2 Å². The van der Waals surface area contributed by atoms with Gasteiger partial charge in [0.1, 0.15) is 6.61 Å². The Morgan fingerprint density at radius 1 is 0.947 bits per heavy atom. The number of aliphatic hydroxyl groups is 1. The van der Waals surface area contributed by atoms with Gasteiger partial charge in [-0.15, -0.1) is 0 Å². The van der Waals surface area contributed by atoms with E-state index >= 15 is 0 Å². The van der Waals surface area contributed by atoms with Gasteiger partial charge in [0, 0.05) is 6.42 Å². The number of aliphatic carboxylic acids is 1. The van der Waals surface area contributed by atoms with Crippen molar-refractivity contribution in [3.05, 3.63) is 0 Å². The molecule has 0 bridgehead atoms. The van der Waals surface area contributed by atoms with E-state index in [0.717, 1.165) is 12.8 Å². The molecule has 0 atom stereocenters. The average Bonchev–Trinajstić information content (AvgIpc) is 2.38. The fraction of sp³-hybridized carbons (Fsp3) is 0.929. The minimum absolute atomic E-state index is 0. The lowest BCUT2D eigenvalue weighted by atomic mass is 10.1. The average molecular weight is 278 g/mol. The summed E-state index contributed by atoms with van der Waals surface area (Å²) in [5.74, 6) is -0.659. The summed E-state index contributed by atoms with van der Waals surface area (Å²) in [6.07, 6.45) is 11.5. The third-order valence-corrected chi connectivity index (χ3v) is 2.68. The highest BCUT2D eigenvalue weighted by atomic mass is 17.1. The summed E-state index contributed by atoms with van der Waals surface area (Å²) in [5, 5.41) is 23.6. The van der Waals surface area contributed by atoms with Crippen LogP contribution in [0.5, 0.6) is 0 Å². The molecule has 0 aliphatic carbocycles. The maximum Gasteiger partial charge on any atom is 0.303 e. The van der Waals surface area contributed by atoms with Crippen LogP contribution in [0.25, 0.3) is 0 Å². The molecule has 5 heteroatoms. The van der Waals surface area contributed by atoms with Gasteiger partial charge in [-0.1, -0.05) is 58.3 Å². The second-order valence-corrected chi connectivity index (χ2v) is 4.53. The first kappa shape index (κ1) is 20.7. The molecule has 0 unspecified atom stereocenters. The summed E-state index contributed by atoms with van der Waals surface area (Å²) in [5.41, 5.74) is 0. The molecule has 0 aromatic rings. The molecule has 3 N–H and O–H groups in total. The summed E-state index contributed by atoms with van der Waals surface area (Å²) < 4.78 is 0. The molecule has 5 nitrogen and oxygen atoms in total. The fourth-order valence-corrected chi connectivity index (χ4v) is 1.63. The van der Waals surface area contributed by atoms with Gasteiger partial charge in [0.2, 0.25) is 0 Å².